The maximum Gasteiger partial charge on any atom is 0.126 e. The summed E-state index contributed by atoms with van der Waals surface area (Å²) in [5, 5.41) is 0. The number of hydrogen-bond acceptors (Lipinski definition) is 2. The van der Waals surface area contributed by atoms with Crippen LogP contribution in [0.25, 0.3) is 0 Å². The second kappa shape index (κ2) is 5.87. The molecule has 1 aromatic rings. The summed E-state index contributed by atoms with van der Waals surface area (Å²) in [7, 11) is 3.88. The lowest BCUT2D eigenvalue weighted by atomic mass is 9.98. The first-order valence-electron chi connectivity index (χ1n) is 5.94. The van der Waals surface area contributed by atoms with Crippen molar-refractivity contribution in [1.29, 1.82) is 0 Å². The highest BCUT2D eigenvalue weighted by Gasteiger charge is 2.17. The molecule has 0 radical (unpaired) electrons. The second-order valence-electron chi connectivity index (χ2n) is 4.53. The van der Waals surface area contributed by atoms with Crippen molar-refractivity contribution in [3.63, 3.8) is 0 Å². The number of benzene rings is 1. The molecule has 0 amide bonds. The van der Waals surface area contributed by atoms with Gasteiger partial charge in [0.05, 0.1) is 7.11 Å². The van der Waals surface area contributed by atoms with Crippen molar-refractivity contribution in [3.8, 4) is 5.75 Å². The van der Waals surface area contributed by atoms with Crippen molar-refractivity contribution in [2.45, 2.75) is 34.2 Å². The highest BCUT2D eigenvalue weighted by molar-refractivity contribution is 9.10. The van der Waals surface area contributed by atoms with Gasteiger partial charge in [0, 0.05) is 16.6 Å². The molecule has 0 heterocycles. The maximum absolute atomic E-state index is 5.59. The third kappa shape index (κ3) is 2.83. The molecule has 0 aliphatic heterocycles. The van der Waals surface area contributed by atoms with Crippen LogP contribution in [-0.2, 0) is 6.54 Å². The van der Waals surface area contributed by atoms with E-state index in [1.54, 1.807) is 7.11 Å². The van der Waals surface area contributed by atoms with Crippen LogP contribution >= 0.6 is 15.9 Å². The summed E-state index contributed by atoms with van der Waals surface area (Å²) in [6, 6.07) is 0. The Morgan fingerprint density at radius 1 is 1.12 bits per heavy atom. The van der Waals surface area contributed by atoms with Crippen molar-refractivity contribution < 1.29 is 4.74 Å². The smallest absolute Gasteiger partial charge is 0.126 e. The topological polar surface area (TPSA) is 12.5 Å². The molecule has 0 unspecified atom stereocenters. The van der Waals surface area contributed by atoms with Gasteiger partial charge in [0.1, 0.15) is 5.75 Å². The number of rotatable bonds is 4. The fraction of sp³-hybridized carbons (Fsp3) is 0.571. The molecule has 0 aliphatic carbocycles. The van der Waals surface area contributed by atoms with Crippen molar-refractivity contribution in [2.24, 2.45) is 0 Å². The van der Waals surface area contributed by atoms with E-state index in [9.17, 15) is 0 Å². The molecule has 0 fully saturated rings. The second-order valence-corrected chi connectivity index (χ2v) is 5.32. The van der Waals surface area contributed by atoms with Gasteiger partial charge in [0.15, 0.2) is 0 Å². The Balaban J connectivity index is 3.36. The zero-order valence-electron chi connectivity index (χ0n) is 11.6. The fourth-order valence-electron chi connectivity index (χ4n) is 1.99. The van der Waals surface area contributed by atoms with Gasteiger partial charge >= 0.3 is 0 Å². The summed E-state index contributed by atoms with van der Waals surface area (Å²) in [6.07, 6.45) is 0. The number of ether oxygens (including phenoxy) is 1. The van der Waals surface area contributed by atoms with E-state index in [2.05, 4.69) is 55.6 Å². The predicted octanol–water partition coefficient (Wildman–Crippen LogP) is 3.83. The minimum absolute atomic E-state index is 0.922. The standard InChI is InChI=1S/C14H22BrNO/c1-7-16(5)8-12-11(4)13(15)9(2)10(3)14(12)17-6/h7-8H2,1-6H3. The Morgan fingerprint density at radius 3 is 2.18 bits per heavy atom. The molecule has 17 heavy (non-hydrogen) atoms. The van der Waals surface area contributed by atoms with Crippen LogP contribution in [0.5, 0.6) is 5.75 Å². The van der Waals surface area contributed by atoms with Crippen LogP contribution in [0.3, 0.4) is 0 Å². The highest BCUT2D eigenvalue weighted by atomic mass is 79.9. The van der Waals surface area contributed by atoms with Gasteiger partial charge in [-0.05, 0) is 51.1 Å². The largest absolute Gasteiger partial charge is 0.496 e. The molecule has 1 rings (SSSR count). The molecular weight excluding hydrogens is 278 g/mol. The summed E-state index contributed by atoms with van der Waals surface area (Å²) in [5.74, 6) is 1.03. The highest BCUT2D eigenvalue weighted by Crippen LogP contribution is 2.36. The first-order valence-corrected chi connectivity index (χ1v) is 6.73. The van der Waals surface area contributed by atoms with Crippen LogP contribution in [0, 0.1) is 20.8 Å². The monoisotopic (exact) mass is 299 g/mol. The normalized spacial score (nSPS) is 11.1. The summed E-state index contributed by atoms with van der Waals surface area (Å²) < 4.78 is 6.79. The van der Waals surface area contributed by atoms with E-state index in [-0.39, 0.29) is 0 Å². The first kappa shape index (κ1) is 14.5. The Labute approximate surface area is 113 Å². The van der Waals surface area contributed by atoms with E-state index in [0.29, 0.717) is 0 Å². The van der Waals surface area contributed by atoms with Crippen LogP contribution in [0.1, 0.15) is 29.2 Å². The lowest BCUT2D eigenvalue weighted by Crippen LogP contribution is -2.18. The quantitative estimate of drug-likeness (QED) is 0.838. The van der Waals surface area contributed by atoms with Crippen LogP contribution in [0.2, 0.25) is 0 Å². The minimum atomic E-state index is 0.922. The Morgan fingerprint density at radius 2 is 1.71 bits per heavy atom. The molecular formula is C14H22BrNO. The van der Waals surface area contributed by atoms with E-state index in [4.69, 9.17) is 4.74 Å². The van der Waals surface area contributed by atoms with E-state index < -0.39 is 0 Å². The molecule has 0 spiro atoms. The molecule has 2 nitrogen and oxygen atoms in total. The third-order valence-corrected chi connectivity index (χ3v) is 4.65. The van der Waals surface area contributed by atoms with Crippen LogP contribution < -0.4 is 4.74 Å². The fourth-order valence-corrected chi connectivity index (χ4v) is 2.53. The van der Waals surface area contributed by atoms with Crippen molar-refractivity contribution >= 4 is 15.9 Å². The van der Waals surface area contributed by atoms with Gasteiger partial charge < -0.3 is 9.64 Å². The van der Waals surface area contributed by atoms with E-state index in [1.807, 2.05) is 0 Å². The Kier molecular flexibility index (Phi) is 5.02. The predicted molar refractivity (Wildman–Crippen MR) is 76.9 cm³/mol. The molecule has 0 saturated heterocycles. The van der Waals surface area contributed by atoms with Gasteiger partial charge in [0.25, 0.3) is 0 Å². The zero-order chi connectivity index (χ0) is 13.2. The first-order chi connectivity index (χ1) is 7.93. The van der Waals surface area contributed by atoms with E-state index in [1.165, 1.54) is 26.7 Å². The number of methoxy groups -OCH3 is 1. The van der Waals surface area contributed by atoms with Crippen molar-refractivity contribution in [1.82, 2.24) is 4.90 Å². The SMILES string of the molecule is CCN(C)Cc1c(C)c(Br)c(C)c(C)c1OC. The average Bonchev–Trinajstić information content (AvgIpc) is 2.33. The van der Waals surface area contributed by atoms with Gasteiger partial charge in [-0.3, -0.25) is 0 Å². The minimum Gasteiger partial charge on any atom is -0.496 e. The van der Waals surface area contributed by atoms with E-state index in [0.717, 1.165) is 18.8 Å². The molecule has 0 aromatic heterocycles. The van der Waals surface area contributed by atoms with Gasteiger partial charge in [-0.1, -0.05) is 22.9 Å². The molecule has 3 heteroatoms. The number of hydrogen-bond donors (Lipinski definition) is 0. The Bertz CT molecular complexity index is 415. The van der Waals surface area contributed by atoms with Crippen molar-refractivity contribution in [3.05, 3.63) is 26.7 Å². The van der Waals surface area contributed by atoms with Crippen molar-refractivity contribution in [2.75, 3.05) is 20.7 Å². The summed E-state index contributed by atoms with van der Waals surface area (Å²) in [6.45, 7) is 10.5. The molecule has 1 aromatic carbocycles. The lowest BCUT2D eigenvalue weighted by molar-refractivity contribution is 0.331. The number of halogens is 1. The van der Waals surface area contributed by atoms with Gasteiger partial charge in [0.2, 0.25) is 0 Å². The van der Waals surface area contributed by atoms with E-state index >= 15 is 0 Å². The summed E-state index contributed by atoms with van der Waals surface area (Å²) >= 11 is 3.68. The lowest BCUT2D eigenvalue weighted by Gasteiger charge is -2.22. The molecule has 0 N–H and O–H groups in total. The molecule has 0 aliphatic rings. The maximum atomic E-state index is 5.59. The summed E-state index contributed by atoms with van der Waals surface area (Å²) in [5.41, 5.74) is 5.06. The van der Waals surface area contributed by atoms with Gasteiger partial charge in [-0.25, -0.2) is 0 Å². The molecule has 0 bridgehead atoms. The van der Waals surface area contributed by atoms with Crippen LogP contribution in [0.15, 0.2) is 4.47 Å². The number of nitrogens with zero attached hydrogens (tertiary/aromatic N) is 1. The average molecular weight is 300 g/mol. The Hall–Kier alpha value is -0.540. The molecule has 0 atom stereocenters. The van der Waals surface area contributed by atoms with Gasteiger partial charge in [-0.15, -0.1) is 0 Å². The van der Waals surface area contributed by atoms with Gasteiger partial charge in [-0.2, -0.15) is 0 Å². The zero-order valence-corrected chi connectivity index (χ0v) is 13.2. The van der Waals surface area contributed by atoms with Crippen LogP contribution in [-0.4, -0.2) is 25.6 Å². The third-order valence-electron chi connectivity index (χ3n) is 3.46. The molecule has 0 saturated carbocycles. The van der Waals surface area contributed by atoms with Crippen LogP contribution in [0.4, 0.5) is 0 Å². The summed E-state index contributed by atoms with van der Waals surface area (Å²) in [4.78, 5) is 2.28. The molecule has 96 valence electrons.